The molecule has 0 heteroatoms. The molecule has 0 unspecified atom stereocenters. The van der Waals surface area contributed by atoms with Gasteiger partial charge in [0.2, 0.25) is 0 Å². The van der Waals surface area contributed by atoms with Crippen molar-refractivity contribution in [2.45, 2.75) is 13.8 Å². The van der Waals surface area contributed by atoms with Gasteiger partial charge in [-0.05, 0) is 49.7 Å². The second-order valence-electron chi connectivity index (χ2n) is 4.08. The van der Waals surface area contributed by atoms with E-state index in [9.17, 15) is 0 Å². The highest BCUT2D eigenvalue weighted by Gasteiger charge is 1.90. The fourth-order valence-electron chi connectivity index (χ4n) is 1.69. The zero-order valence-electron chi connectivity index (χ0n) is 10.6. The fraction of sp³-hybridized carbons (Fsp3) is 0.111. The third-order valence-electron chi connectivity index (χ3n) is 2.50. The molecule has 0 aliphatic carbocycles. The van der Waals surface area contributed by atoms with Crippen molar-refractivity contribution in [1.29, 1.82) is 0 Å². The van der Waals surface area contributed by atoms with Crippen LogP contribution in [0.2, 0.25) is 0 Å². The maximum atomic E-state index is 3.17. The van der Waals surface area contributed by atoms with Gasteiger partial charge in [0.15, 0.2) is 0 Å². The second-order valence-corrected chi connectivity index (χ2v) is 4.08. The molecule has 2 aromatic carbocycles. The van der Waals surface area contributed by atoms with Crippen LogP contribution in [0.15, 0.2) is 48.5 Å². The summed E-state index contributed by atoms with van der Waals surface area (Å²) in [6, 6.07) is 16.2. The predicted octanol–water partition coefficient (Wildman–Crippen LogP) is 3.77. The van der Waals surface area contributed by atoms with Crippen LogP contribution in [0.3, 0.4) is 0 Å². The molecule has 2 aromatic rings. The van der Waals surface area contributed by atoms with E-state index < -0.39 is 0 Å². The van der Waals surface area contributed by atoms with Crippen LogP contribution in [0.4, 0.5) is 0 Å². The van der Waals surface area contributed by atoms with E-state index in [2.05, 4.69) is 42.7 Å². The Morgan fingerprint density at radius 3 is 1.89 bits per heavy atom. The van der Waals surface area contributed by atoms with Crippen molar-refractivity contribution in [3.8, 4) is 23.7 Å². The molecule has 0 N–H and O–H groups in total. The van der Waals surface area contributed by atoms with Gasteiger partial charge in [0.05, 0.1) is 0 Å². The van der Waals surface area contributed by atoms with Gasteiger partial charge < -0.3 is 0 Å². The molecule has 0 atom stereocenters. The van der Waals surface area contributed by atoms with Crippen molar-refractivity contribution in [3.05, 3.63) is 70.8 Å². The third kappa shape index (κ3) is 3.27. The van der Waals surface area contributed by atoms with Crippen LogP contribution in [-0.4, -0.2) is 0 Å². The molecule has 0 aliphatic heterocycles. The van der Waals surface area contributed by atoms with E-state index in [4.69, 9.17) is 0 Å². The molecular weight excluding hydrogens is 216 g/mol. The molecule has 0 fully saturated rings. The lowest BCUT2D eigenvalue weighted by atomic mass is 10.1. The first kappa shape index (κ1) is 12.0. The van der Waals surface area contributed by atoms with Crippen molar-refractivity contribution >= 4 is 0 Å². The summed E-state index contributed by atoms with van der Waals surface area (Å²) < 4.78 is 0. The Morgan fingerprint density at radius 1 is 0.722 bits per heavy atom. The maximum Gasteiger partial charge on any atom is 0.0261 e. The van der Waals surface area contributed by atoms with Gasteiger partial charge in [0.1, 0.15) is 0 Å². The summed E-state index contributed by atoms with van der Waals surface area (Å²) in [7, 11) is 0. The molecular formula is C18H14. The number of aryl methyl sites for hydroxylation is 1. The molecule has 0 aliphatic rings. The number of benzene rings is 2. The van der Waals surface area contributed by atoms with E-state index in [-0.39, 0.29) is 0 Å². The zero-order valence-corrected chi connectivity index (χ0v) is 10.6. The fourth-order valence-corrected chi connectivity index (χ4v) is 1.69. The molecule has 0 nitrogen and oxygen atoms in total. The van der Waals surface area contributed by atoms with E-state index in [1.807, 2.05) is 43.3 Å². The standard InChI is InChI=1S/C18H14/c1-3-6-16-9-5-10-18(14-16)12-11-17-8-4-7-15(2)13-17/h4-5,7-10,13-14H,1-2H3. The van der Waals surface area contributed by atoms with Crippen LogP contribution in [0.1, 0.15) is 29.2 Å². The smallest absolute Gasteiger partial charge is 0.0261 e. The molecule has 0 aromatic heterocycles. The lowest BCUT2D eigenvalue weighted by Gasteiger charge is -1.94. The molecule has 0 saturated carbocycles. The van der Waals surface area contributed by atoms with Crippen LogP contribution in [0, 0.1) is 30.6 Å². The molecule has 0 bridgehead atoms. The Morgan fingerprint density at radius 2 is 1.28 bits per heavy atom. The summed E-state index contributed by atoms with van der Waals surface area (Å²) in [4.78, 5) is 0. The monoisotopic (exact) mass is 230 g/mol. The van der Waals surface area contributed by atoms with Crippen LogP contribution >= 0.6 is 0 Å². The van der Waals surface area contributed by atoms with Crippen molar-refractivity contribution in [1.82, 2.24) is 0 Å². The van der Waals surface area contributed by atoms with Crippen LogP contribution in [0.5, 0.6) is 0 Å². The maximum absolute atomic E-state index is 3.17. The molecule has 0 heterocycles. The highest BCUT2D eigenvalue weighted by Crippen LogP contribution is 2.05. The summed E-state index contributed by atoms with van der Waals surface area (Å²) in [5, 5.41) is 0. The number of hydrogen-bond acceptors (Lipinski definition) is 0. The lowest BCUT2D eigenvalue weighted by molar-refractivity contribution is 1.45. The summed E-state index contributed by atoms with van der Waals surface area (Å²) in [5.74, 6) is 12.3. The number of rotatable bonds is 0. The largest absolute Gasteiger partial charge is 0.101 e. The van der Waals surface area contributed by atoms with E-state index in [1.165, 1.54) is 5.56 Å². The Bertz CT molecular complexity index is 670. The van der Waals surface area contributed by atoms with Crippen molar-refractivity contribution in [2.75, 3.05) is 0 Å². The van der Waals surface area contributed by atoms with Gasteiger partial charge in [0, 0.05) is 16.7 Å². The summed E-state index contributed by atoms with van der Waals surface area (Å²) in [6.07, 6.45) is 0. The Hall–Kier alpha value is -2.44. The Labute approximate surface area is 109 Å². The van der Waals surface area contributed by atoms with Crippen LogP contribution in [0.25, 0.3) is 0 Å². The van der Waals surface area contributed by atoms with Gasteiger partial charge in [0.25, 0.3) is 0 Å². The highest BCUT2D eigenvalue weighted by molar-refractivity contribution is 5.47. The molecule has 86 valence electrons. The van der Waals surface area contributed by atoms with Gasteiger partial charge in [-0.15, -0.1) is 5.92 Å². The van der Waals surface area contributed by atoms with E-state index >= 15 is 0 Å². The first-order chi connectivity index (χ1) is 8.78. The van der Waals surface area contributed by atoms with Gasteiger partial charge in [-0.2, -0.15) is 0 Å². The molecule has 0 radical (unpaired) electrons. The predicted molar refractivity (Wildman–Crippen MR) is 76.2 cm³/mol. The topological polar surface area (TPSA) is 0 Å². The molecule has 2 rings (SSSR count). The van der Waals surface area contributed by atoms with Gasteiger partial charge in [-0.25, -0.2) is 0 Å². The first-order valence-electron chi connectivity index (χ1n) is 5.89. The average Bonchev–Trinajstić information content (AvgIpc) is 2.37. The highest BCUT2D eigenvalue weighted by atomic mass is 13.9. The molecule has 18 heavy (non-hydrogen) atoms. The van der Waals surface area contributed by atoms with Gasteiger partial charge in [-0.1, -0.05) is 36.0 Å². The van der Waals surface area contributed by atoms with E-state index in [0.29, 0.717) is 0 Å². The minimum atomic E-state index is 0.997. The van der Waals surface area contributed by atoms with Crippen molar-refractivity contribution in [3.63, 3.8) is 0 Å². The number of hydrogen-bond donors (Lipinski definition) is 0. The quantitative estimate of drug-likeness (QED) is 0.604. The van der Waals surface area contributed by atoms with Gasteiger partial charge >= 0.3 is 0 Å². The molecule has 0 saturated heterocycles. The summed E-state index contributed by atoms with van der Waals surface area (Å²) in [5.41, 5.74) is 4.28. The van der Waals surface area contributed by atoms with E-state index in [1.54, 1.807) is 0 Å². The normalized spacial score (nSPS) is 8.78. The molecule has 0 spiro atoms. The van der Waals surface area contributed by atoms with Crippen LogP contribution < -0.4 is 0 Å². The summed E-state index contributed by atoms with van der Waals surface area (Å²) in [6.45, 7) is 3.91. The Kier molecular flexibility index (Phi) is 3.85. The molecule has 0 amide bonds. The van der Waals surface area contributed by atoms with E-state index in [0.717, 1.165) is 16.7 Å². The minimum absolute atomic E-state index is 0.997. The zero-order chi connectivity index (χ0) is 12.8. The third-order valence-corrected chi connectivity index (χ3v) is 2.50. The second kappa shape index (κ2) is 5.76. The summed E-state index contributed by atoms with van der Waals surface area (Å²) >= 11 is 0. The first-order valence-corrected chi connectivity index (χ1v) is 5.89. The van der Waals surface area contributed by atoms with Crippen molar-refractivity contribution in [2.24, 2.45) is 0 Å². The Balaban J connectivity index is 2.29. The SMILES string of the molecule is CC#Cc1cccc(C#Cc2cccc(C)c2)c1. The minimum Gasteiger partial charge on any atom is -0.101 e. The lowest BCUT2D eigenvalue weighted by Crippen LogP contribution is -1.79. The van der Waals surface area contributed by atoms with Crippen molar-refractivity contribution < 1.29 is 0 Å². The average molecular weight is 230 g/mol. The van der Waals surface area contributed by atoms with Crippen LogP contribution in [-0.2, 0) is 0 Å². The van der Waals surface area contributed by atoms with Gasteiger partial charge in [-0.3, -0.25) is 0 Å².